The maximum Gasteiger partial charge on any atom is 0.135 e. The largest absolute Gasteiger partial charge is 0.484 e. The Balaban J connectivity index is 1.94. The summed E-state index contributed by atoms with van der Waals surface area (Å²) < 4.78 is 19.1. The Morgan fingerprint density at radius 3 is 2.89 bits per heavy atom. The van der Waals surface area contributed by atoms with E-state index in [1.807, 2.05) is 0 Å². The van der Waals surface area contributed by atoms with Crippen LogP contribution in [0.2, 0.25) is 0 Å². The van der Waals surface area contributed by atoms with Gasteiger partial charge in [-0.25, -0.2) is 4.39 Å². The molecule has 0 radical (unpaired) electrons. The van der Waals surface area contributed by atoms with E-state index in [9.17, 15) is 4.39 Å². The summed E-state index contributed by atoms with van der Waals surface area (Å²) >= 11 is 1.72. The van der Waals surface area contributed by atoms with Crippen LogP contribution in [0.15, 0.2) is 30.3 Å². The summed E-state index contributed by atoms with van der Waals surface area (Å²) in [5.74, 6) is 0.435. The third kappa shape index (κ3) is 2.02. The molecule has 2 aromatic rings. The molecule has 1 unspecified atom stereocenters. The molecule has 18 heavy (non-hydrogen) atoms. The summed E-state index contributed by atoms with van der Waals surface area (Å²) in [7, 11) is 0. The maximum absolute atomic E-state index is 13.2. The molecule has 2 N–H and O–H groups in total. The van der Waals surface area contributed by atoms with Crippen molar-refractivity contribution in [3.8, 4) is 5.75 Å². The minimum atomic E-state index is -0.266. The van der Waals surface area contributed by atoms with Gasteiger partial charge in [-0.15, -0.1) is 11.3 Å². The molecule has 0 fully saturated rings. The number of nitrogens with two attached hydrogens (primary N) is 1. The molecule has 4 heteroatoms. The van der Waals surface area contributed by atoms with Gasteiger partial charge in [0.15, 0.2) is 0 Å². The van der Waals surface area contributed by atoms with Gasteiger partial charge < -0.3 is 10.5 Å². The number of aryl methyl sites for hydroxylation is 1. The first kappa shape index (κ1) is 11.7. The van der Waals surface area contributed by atoms with Crippen LogP contribution in [0, 0.1) is 12.7 Å². The monoisotopic (exact) mass is 263 g/mol. The number of halogens is 1. The Labute approximate surface area is 109 Å². The zero-order chi connectivity index (χ0) is 12.7. The quantitative estimate of drug-likeness (QED) is 0.851. The van der Waals surface area contributed by atoms with Crippen LogP contribution in [-0.2, 0) is 0 Å². The molecular formula is C14H14FNOS. The summed E-state index contributed by atoms with van der Waals surface area (Å²) in [5, 5.41) is 0. The molecule has 0 bridgehead atoms. The van der Waals surface area contributed by atoms with Gasteiger partial charge in [0.1, 0.15) is 17.7 Å². The Morgan fingerprint density at radius 2 is 2.17 bits per heavy atom. The third-order valence-electron chi connectivity index (χ3n) is 3.19. The zero-order valence-corrected chi connectivity index (χ0v) is 10.8. The highest BCUT2D eigenvalue weighted by Crippen LogP contribution is 2.41. The minimum Gasteiger partial charge on any atom is -0.484 e. The second kappa shape index (κ2) is 4.37. The lowest BCUT2D eigenvalue weighted by Gasteiger charge is -2.29. The Hall–Kier alpha value is -1.39. The van der Waals surface area contributed by atoms with Crippen LogP contribution in [0.4, 0.5) is 4.39 Å². The predicted molar refractivity (Wildman–Crippen MR) is 70.4 cm³/mol. The number of rotatable bonds is 1. The van der Waals surface area contributed by atoms with E-state index in [-0.39, 0.29) is 18.0 Å². The molecule has 1 aliphatic heterocycles. The standard InChI is InChI=1S/C14H14FNOS/c1-8-2-5-14(18-8)13-7-11(16)10-6-9(15)3-4-12(10)17-13/h2-6,11,13H,7,16H2,1H3/t11-,13?/m0/s1. The first-order valence-electron chi connectivity index (χ1n) is 5.91. The first-order valence-corrected chi connectivity index (χ1v) is 6.73. The van der Waals surface area contributed by atoms with Crippen LogP contribution < -0.4 is 10.5 Å². The van der Waals surface area contributed by atoms with E-state index in [1.165, 1.54) is 21.9 Å². The van der Waals surface area contributed by atoms with Crippen LogP contribution in [0.25, 0.3) is 0 Å². The van der Waals surface area contributed by atoms with E-state index in [0.29, 0.717) is 12.2 Å². The second-order valence-corrected chi connectivity index (χ2v) is 5.90. The van der Waals surface area contributed by atoms with Crippen molar-refractivity contribution in [3.05, 3.63) is 51.5 Å². The molecule has 2 atom stereocenters. The minimum absolute atomic E-state index is 0.0170. The van der Waals surface area contributed by atoms with E-state index in [2.05, 4.69) is 19.1 Å². The molecule has 0 spiro atoms. The number of fused-ring (bicyclic) bond motifs is 1. The molecule has 1 aliphatic rings. The SMILES string of the molecule is Cc1ccc(C2C[C@H](N)c3cc(F)ccc3O2)s1. The number of benzene rings is 1. The van der Waals surface area contributed by atoms with Gasteiger partial charge in [-0.2, -0.15) is 0 Å². The van der Waals surface area contributed by atoms with Crippen LogP contribution in [0.3, 0.4) is 0 Å². The number of ether oxygens (including phenoxy) is 1. The van der Waals surface area contributed by atoms with Crippen LogP contribution >= 0.6 is 11.3 Å². The smallest absolute Gasteiger partial charge is 0.135 e. The molecule has 3 rings (SSSR count). The first-order chi connectivity index (χ1) is 8.63. The van der Waals surface area contributed by atoms with Crippen molar-refractivity contribution in [2.24, 2.45) is 5.73 Å². The lowest BCUT2D eigenvalue weighted by molar-refractivity contribution is 0.164. The maximum atomic E-state index is 13.2. The molecule has 94 valence electrons. The molecule has 1 aromatic carbocycles. The molecule has 2 heterocycles. The lowest BCUT2D eigenvalue weighted by Crippen LogP contribution is -2.23. The fourth-order valence-electron chi connectivity index (χ4n) is 2.28. The highest BCUT2D eigenvalue weighted by Gasteiger charge is 2.28. The predicted octanol–water partition coefficient (Wildman–Crippen LogP) is 3.72. The normalized spacial score (nSPS) is 22.4. The van der Waals surface area contributed by atoms with Gasteiger partial charge in [0.05, 0.1) is 0 Å². The summed E-state index contributed by atoms with van der Waals surface area (Å²) in [5.41, 5.74) is 6.87. The van der Waals surface area contributed by atoms with Gasteiger partial charge >= 0.3 is 0 Å². The summed E-state index contributed by atoms with van der Waals surface area (Å²) in [6.45, 7) is 2.07. The van der Waals surface area contributed by atoms with Crippen LogP contribution in [-0.4, -0.2) is 0 Å². The Kier molecular flexibility index (Phi) is 2.84. The molecule has 1 aromatic heterocycles. The average molecular weight is 263 g/mol. The van der Waals surface area contributed by atoms with Gasteiger partial charge in [0.25, 0.3) is 0 Å². The molecule has 0 saturated carbocycles. The highest BCUT2D eigenvalue weighted by atomic mass is 32.1. The van der Waals surface area contributed by atoms with Crippen LogP contribution in [0.5, 0.6) is 5.75 Å². The lowest BCUT2D eigenvalue weighted by atomic mass is 9.96. The van der Waals surface area contributed by atoms with E-state index in [1.54, 1.807) is 17.4 Å². The molecule has 0 aliphatic carbocycles. The van der Waals surface area contributed by atoms with Crippen molar-refractivity contribution < 1.29 is 9.13 Å². The van der Waals surface area contributed by atoms with Gasteiger partial charge in [-0.1, -0.05) is 0 Å². The van der Waals surface area contributed by atoms with Crippen molar-refractivity contribution in [2.75, 3.05) is 0 Å². The Morgan fingerprint density at radius 1 is 1.33 bits per heavy atom. The highest BCUT2D eigenvalue weighted by molar-refractivity contribution is 7.12. The third-order valence-corrected chi connectivity index (χ3v) is 4.28. The number of hydrogen-bond acceptors (Lipinski definition) is 3. The average Bonchev–Trinajstić information content (AvgIpc) is 2.77. The van der Waals surface area contributed by atoms with Crippen molar-refractivity contribution in [2.45, 2.75) is 25.5 Å². The number of thiophene rings is 1. The Bertz CT molecular complexity index is 581. The van der Waals surface area contributed by atoms with E-state index in [0.717, 1.165) is 5.56 Å². The van der Waals surface area contributed by atoms with E-state index < -0.39 is 0 Å². The zero-order valence-electron chi connectivity index (χ0n) is 10.0. The fourth-order valence-corrected chi connectivity index (χ4v) is 3.20. The van der Waals surface area contributed by atoms with Crippen LogP contribution in [0.1, 0.15) is 33.9 Å². The van der Waals surface area contributed by atoms with Gasteiger partial charge in [0.2, 0.25) is 0 Å². The summed E-state index contributed by atoms with van der Waals surface area (Å²) in [6, 6.07) is 8.53. The van der Waals surface area contributed by atoms with E-state index >= 15 is 0 Å². The van der Waals surface area contributed by atoms with Crippen molar-refractivity contribution in [1.82, 2.24) is 0 Å². The second-order valence-electron chi connectivity index (χ2n) is 4.58. The molecule has 0 amide bonds. The van der Waals surface area contributed by atoms with Crippen molar-refractivity contribution >= 4 is 11.3 Å². The summed E-state index contributed by atoms with van der Waals surface area (Å²) in [6.07, 6.45) is 0.674. The van der Waals surface area contributed by atoms with Gasteiger partial charge in [-0.3, -0.25) is 0 Å². The molecule has 0 saturated heterocycles. The topological polar surface area (TPSA) is 35.2 Å². The fraction of sp³-hybridized carbons (Fsp3) is 0.286. The van der Waals surface area contributed by atoms with E-state index in [4.69, 9.17) is 10.5 Å². The molecular weight excluding hydrogens is 249 g/mol. The number of hydrogen-bond donors (Lipinski definition) is 1. The van der Waals surface area contributed by atoms with Gasteiger partial charge in [0, 0.05) is 27.8 Å². The molecule has 2 nitrogen and oxygen atoms in total. The van der Waals surface area contributed by atoms with Crippen molar-refractivity contribution in [3.63, 3.8) is 0 Å². The van der Waals surface area contributed by atoms with Gasteiger partial charge in [-0.05, 0) is 37.3 Å². The van der Waals surface area contributed by atoms with Crippen molar-refractivity contribution in [1.29, 1.82) is 0 Å². The summed E-state index contributed by atoms with van der Waals surface area (Å²) in [4.78, 5) is 2.44.